The highest BCUT2D eigenvalue weighted by Gasteiger charge is 2.24. The van der Waals surface area contributed by atoms with E-state index in [1.807, 2.05) is 31.4 Å². The number of carbonyl (C=O) groups is 1. The lowest BCUT2D eigenvalue weighted by molar-refractivity contribution is -0.130. The van der Waals surface area contributed by atoms with Gasteiger partial charge in [0.2, 0.25) is 5.91 Å². The third-order valence-electron chi connectivity index (χ3n) is 7.19. The van der Waals surface area contributed by atoms with Crippen LogP contribution in [0.4, 0.5) is 23.1 Å². The topological polar surface area (TPSA) is 127 Å². The molecule has 37 heavy (non-hydrogen) atoms. The fraction of sp³-hybridized carbons (Fsp3) is 0.296. The first-order valence-corrected chi connectivity index (χ1v) is 12.2. The third-order valence-corrected chi connectivity index (χ3v) is 7.19. The van der Waals surface area contributed by atoms with Gasteiger partial charge in [0.25, 0.3) is 0 Å². The third kappa shape index (κ3) is 3.98. The Labute approximate surface area is 214 Å². The number of anilines is 4. The maximum atomic E-state index is 12.2. The Morgan fingerprint density at radius 1 is 1.22 bits per heavy atom. The van der Waals surface area contributed by atoms with Gasteiger partial charge in [0, 0.05) is 61.7 Å². The summed E-state index contributed by atoms with van der Waals surface area (Å²) in [4.78, 5) is 27.8. The Balaban J connectivity index is 1.34. The van der Waals surface area contributed by atoms with Gasteiger partial charge in [-0.2, -0.15) is 5.10 Å². The Bertz CT molecular complexity index is 1600. The molecular weight excluding hydrogens is 466 g/mol. The molecule has 2 aliphatic rings. The highest BCUT2D eigenvalue weighted by atomic mass is 16.2. The SMILES string of the molecule is C#C[C@H]1CCNc2c1ncc(-c1cc3cc(Nc4cc5n(n4)CC(=O)N(C)CC5)ncc3c(N)n1)c2C. The van der Waals surface area contributed by atoms with Crippen molar-refractivity contribution >= 4 is 39.8 Å². The van der Waals surface area contributed by atoms with Crippen LogP contribution in [0.5, 0.6) is 0 Å². The number of amides is 1. The van der Waals surface area contributed by atoms with Gasteiger partial charge < -0.3 is 21.3 Å². The minimum absolute atomic E-state index is 0.00960. The van der Waals surface area contributed by atoms with E-state index in [0.717, 1.165) is 64.1 Å². The lowest BCUT2D eigenvalue weighted by Crippen LogP contribution is -2.29. The summed E-state index contributed by atoms with van der Waals surface area (Å²) in [6.07, 6.45) is 10.9. The van der Waals surface area contributed by atoms with Gasteiger partial charge >= 0.3 is 0 Å². The summed E-state index contributed by atoms with van der Waals surface area (Å²) in [5.41, 5.74) is 11.9. The highest BCUT2D eigenvalue weighted by molar-refractivity contribution is 5.95. The molecule has 4 aromatic rings. The van der Waals surface area contributed by atoms with Crippen molar-refractivity contribution in [3.05, 3.63) is 47.5 Å². The molecular formula is C27H27N9O. The average Bonchev–Trinajstić information content (AvgIpc) is 3.21. The lowest BCUT2D eigenvalue weighted by atomic mass is 9.92. The minimum Gasteiger partial charge on any atom is -0.383 e. The number of hydrogen-bond acceptors (Lipinski definition) is 8. The normalized spacial score (nSPS) is 16.9. The molecule has 0 radical (unpaired) electrons. The number of aromatic nitrogens is 5. The summed E-state index contributed by atoms with van der Waals surface area (Å²) >= 11 is 0. The number of nitrogens with one attached hydrogen (secondary N) is 2. The first-order valence-electron chi connectivity index (χ1n) is 12.2. The average molecular weight is 494 g/mol. The van der Waals surface area contributed by atoms with Crippen molar-refractivity contribution in [1.82, 2.24) is 29.6 Å². The highest BCUT2D eigenvalue weighted by Crippen LogP contribution is 2.37. The number of hydrogen-bond donors (Lipinski definition) is 3. The van der Waals surface area contributed by atoms with Crippen molar-refractivity contribution in [2.75, 3.05) is 36.5 Å². The molecule has 1 atom stereocenters. The van der Waals surface area contributed by atoms with Crippen LogP contribution in [0.15, 0.2) is 30.6 Å². The first kappa shape index (κ1) is 22.8. The lowest BCUT2D eigenvalue weighted by Gasteiger charge is -2.25. The largest absolute Gasteiger partial charge is 0.383 e. The van der Waals surface area contributed by atoms with Crippen molar-refractivity contribution in [3.8, 4) is 23.6 Å². The molecule has 0 aromatic carbocycles. The summed E-state index contributed by atoms with van der Waals surface area (Å²) in [6, 6.07) is 5.88. The summed E-state index contributed by atoms with van der Waals surface area (Å²) < 4.78 is 1.75. The molecule has 1 amide bonds. The van der Waals surface area contributed by atoms with Gasteiger partial charge in [-0.3, -0.25) is 14.5 Å². The molecule has 10 nitrogen and oxygen atoms in total. The van der Waals surface area contributed by atoms with Gasteiger partial charge in [-0.15, -0.1) is 6.42 Å². The number of pyridine rings is 3. The molecule has 186 valence electrons. The first-order chi connectivity index (χ1) is 17.9. The molecule has 0 spiro atoms. The standard InChI is InChI=1S/C27H27N9O/c1-4-16-5-7-29-25-15(2)19(12-31-26(16)25)21-9-17-10-22(30-13-20(17)27(28)32-21)33-23-11-18-6-8-35(3)24(37)14-36(18)34-23/h1,9-13,16,29H,5-8,14H2,2-3H3,(H2,28,32)(H,30,33,34)/t16-/m0/s1. The second-order valence-corrected chi connectivity index (χ2v) is 9.54. The summed E-state index contributed by atoms with van der Waals surface area (Å²) in [5, 5.41) is 13.0. The van der Waals surface area contributed by atoms with E-state index in [0.29, 0.717) is 24.0 Å². The molecule has 0 bridgehead atoms. The van der Waals surface area contributed by atoms with E-state index in [-0.39, 0.29) is 18.4 Å². The van der Waals surface area contributed by atoms with Crippen molar-refractivity contribution in [2.24, 2.45) is 0 Å². The number of nitrogen functional groups attached to an aromatic ring is 1. The molecule has 6 heterocycles. The molecule has 0 fully saturated rings. The molecule has 6 rings (SSSR count). The van der Waals surface area contributed by atoms with Crippen LogP contribution in [0.25, 0.3) is 22.0 Å². The van der Waals surface area contributed by atoms with E-state index in [2.05, 4.69) is 38.5 Å². The molecule has 4 N–H and O–H groups in total. The van der Waals surface area contributed by atoms with E-state index in [1.54, 1.807) is 15.8 Å². The van der Waals surface area contributed by atoms with Crippen molar-refractivity contribution in [2.45, 2.75) is 32.2 Å². The summed E-state index contributed by atoms with van der Waals surface area (Å²) in [6.45, 7) is 3.76. The molecule has 0 aliphatic carbocycles. The van der Waals surface area contributed by atoms with Crippen LogP contribution < -0.4 is 16.4 Å². The van der Waals surface area contributed by atoms with Crippen LogP contribution >= 0.6 is 0 Å². The van der Waals surface area contributed by atoms with Gasteiger partial charge in [-0.25, -0.2) is 9.97 Å². The number of carbonyl (C=O) groups excluding carboxylic acids is 1. The predicted octanol–water partition coefficient (Wildman–Crippen LogP) is 3.07. The number of nitrogens with two attached hydrogens (primary N) is 1. The monoisotopic (exact) mass is 493 g/mol. The van der Waals surface area contributed by atoms with E-state index in [9.17, 15) is 4.79 Å². The fourth-order valence-corrected chi connectivity index (χ4v) is 5.03. The molecule has 2 aliphatic heterocycles. The van der Waals surface area contributed by atoms with Crippen LogP contribution in [-0.4, -0.2) is 55.7 Å². The maximum absolute atomic E-state index is 12.2. The van der Waals surface area contributed by atoms with E-state index in [4.69, 9.17) is 17.1 Å². The Morgan fingerprint density at radius 2 is 2.08 bits per heavy atom. The predicted molar refractivity (Wildman–Crippen MR) is 143 cm³/mol. The number of terminal acetylenes is 1. The van der Waals surface area contributed by atoms with Crippen molar-refractivity contribution in [3.63, 3.8) is 0 Å². The zero-order chi connectivity index (χ0) is 25.7. The molecule has 0 unspecified atom stereocenters. The van der Waals surface area contributed by atoms with Gasteiger partial charge in [-0.05, 0) is 36.4 Å². The van der Waals surface area contributed by atoms with Crippen LogP contribution in [0, 0.1) is 19.3 Å². The van der Waals surface area contributed by atoms with E-state index >= 15 is 0 Å². The Morgan fingerprint density at radius 3 is 2.92 bits per heavy atom. The number of nitrogens with zero attached hydrogens (tertiary/aromatic N) is 6. The molecule has 10 heteroatoms. The van der Waals surface area contributed by atoms with Gasteiger partial charge in [-0.1, -0.05) is 5.92 Å². The van der Waals surface area contributed by atoms with Crippen LogP contribution in [-0.2, 0) is 17.8 Å². The fourth-order valence-electron chi connectivity index (χ4n) is 5.03. The van der Waals surface area contributed by atoms with Crippen molar-refractivity contribution in [1.29, 1.82) is 0 Å². The van der Waals surface area contributed by atoms with Gasteiger partial charge in [0.1, 0.15) is 18.2 Å². The Kier molecular flexibility index (Phi) is 5.41. The summed E-state index contributed by atoms with van der Waals surface area (Å²) in [5.74, 6) is 4.57. The zero-order valence-corrected chi connectivity index (χ0v) is 20.7. The van der Waals surface area contributed by atoms with Crippen LogP contribution in [0.2, 0.25) is 0 Å². The van der Waals surface area contributed by atoms with E-state index in [1.165, 1.54) is 0 Å². The van der Waals surface area contributed by atoms with Gasteiger partial charge in [0.15, 0.2) is 5.82 Å². The maximum Gasteiger partial charge on any atom is 0.244 e. The van der Waals surface area contributed by atoms with Crippen LogP contribution in [0.1, 0.15) is 29.3 Å². The summed E-state index contributed by atoms with van der Waals surface area (Å²) in [7, 11) is 1.81. The second kappa shape index (κ2) is 8.78. The molecule has 0 saturated heterocycles. The van der Waals surface area contributed by atoms with Crippen LogP contribution in [0.3, 0.4) is 0 Å². The van der Waals surface area contributed by atoms with Crippen molar-refractivity contribution < 1.29 is 4.79 Å². The zero-order valence-electron chi connectivity index (χ0n) is 20.7. The van der Waals surface area contributed by atoms with Gasteiger partial charge in [0.05, 0.1) is 23.0 Å². The molecule has 0 saturated carbocycles. The van der Waals surface area contributed by atoms with E-state index < -0.39 is 0 Å². The Hall–Kier alpha value is -4.65. The quantitative estimate of drug-likeness (QED) is 0.372. The number of fused-ring (bicyclic) bond motifs is 3. The minimum atomic E-state index is 0.00960. The number of likely N-dealkylation sites (N-methyl/N-ethyl adjacent to an activating group) is 1. The smallest absolute Gasteiger partial charge is 0.244 e. The second-order valence-electron chi connectivity index (χ2n) is 9.54. The molecule has 4 aromatic heterocycles. The number of rotatable bonds is 3.